The van der Waals surface area contributed by atoms with Gasteiger partial charge in [-0.2, -0.15) is 0 Å². The summed E-state index contributed by atoms with van der Waals surface area (Å²) in [5.74, 6) is -0.558. The molecule has 0 radical (unpaired) electrons. The normalized spacial score (nSPS) is 14.7. The second kappa shape index (κ2) is 8.16. The van der Waals surface area contributed by atoms with Crippen molar-refractivity contribution in [3.63, 3.8) is 0 Å². The Hall–Kier alpha value is -2.34. The molecule has 4 N–H and O–H groups in total. The van der Waals surface area contributed by atoms with Crippen LogP contribution >= 0.6 is 0 Å². The maximum Gasteiger partial charge on any atom is 0.243 e. The maximum atomic E-state index is 12.5. The number of rotatable bonds is 8. The van der Waals surface area contributed by atoms with Crippen molar-refractivity contribution in [1.29, 1.82) is 0 Å². The zero-order valence-corrected chi connectivity index (χ0v) is 15.1. The molecule has 0 fully saturated rings. The molecule has 0 saturated heterocycles. The third-order valence-electron chi connectivity index (χ3n) is 4.22. The monoisotopic (exact) mass is 345 g/mol. The van der Waals surface area contributed by atoms with Gasteiger partial charge in [-0.3, -0.25) is 9.59 Å². The summed E-state index contributed by atoms with van der Waals surface area (Å²) in [6, 6.07) is 7.14. The van der Waals surface area contributed by atoms with E-state index in [2.05, 4.69) is 15.6 Å². The minimum atomic E-state index is -0.952. The fraction of sp³-hybridized carbons (Fsp3) is 0.474. The molecule has 0 aliphatic carbocycles. The highest BCUT2D eigenvalue weighted by atomic mass is 16.3. The lowest BCUT2D eigenvalue weighted by Crippen LogP contribution is -2.50. The van der Waals surface area contributed by atoms with Gasteiger partial charge in [0.25, 0.3) is 0 Å². The predicted molar refractivity (Wildman–Crippen MR) is 98.1 cm³/mol. The van der Waals surface area contributed by atoms with Gasteiger partial charge in [-0.25, -0.2) is 0 Å². The average Bonchev–Trinajstić information content (AvgIpc) is 2.95. The van der Waals surface area contributed by atoms with E-state index in [4.69, 9.17) is 0 Å². The van der Waals surface area contributed by atoms with E-state index in [0.717, 1.165) is 22.9 Å². The molecule has 2 amide bonds. The van der Waals surface area contributed by atoms with E-state index in [0.29, 0.717) is 12.8 Å². The third-order valence-corrected chi connectivity index (χ3v) is 4.22. The molecule has 1 heterocycles. The first-order valence-electron chi connectivity index (χ1n) is 8.64. The minimum Gasteiger partial charge on any atom is -0.388 e. The van der Waals surface area contributed by atoms with E-state index in [9.17, 15) is 14.7 Å². The lowest BCUT2D eigenvalue weighted by molar-refractivity contribution is -0.128. The molecule has 0 aliphatic heterocycles. The molecule has 1 aromatic heterocycles. The highest BCUT2D eigenvalue weighted by Crippen LogP contribution is 2.19. The van der Waals surface area contributed by atoms with Crippen LogP contribution in [-0.4, -0.2) is 40.1 Å². The molecule has 6 nitrogen and oxygen atoms in total. The quantitative estimate of drug-likeness (QED) is 0.588. The minimum absolute atomic E-state index is 0.156. The molecular weight excluding hydrogens is 318 g/mol. The molecule has 25 heavy (non-hydrogen) atoms. The Bertz CT molecular complexity index is 736. The SMILES string of the molecule is CCC[C@@](C)(O)CNC(=O)[C@@H](Cc1c[nH]c2ccccc12)NC(C)=O. The van der Waals surface area contributed by atoms with Crippen LogP contribution in [0.15, 0.2) is 30.5 Å². The van der Waals surface area contributed by atoms with Crippen molar-refractivity contribution in [2.24, 2.45) is 0 Å². The van der Waals surface area contributed by atoms with Crippen molar-refractivity contribution in [3.8, 4) is 0 Å². The van der Waals surface area contributed by atoms with Crippen molar-refractivity contribution in [2.45, 2.75) is 51.7 Å². The van der Waals surface area contributed by atoms with Crippen LogP contribution in [0.5, 0.6) is 0 Å². The number of hydrogen-bond donors (Lipinski definition) is 4. The summed E-state index contributed by atoms with van der Waals surface area (Å²) < 4.78 is 0. The smallest absolute Gasteiger partial charge is 0.243 e. The largest absolute Gasteiger partial charge is 0.388 e. The summed E-state index contributed by atoms with van der Waals surface area (Å²) >= 11 is 0. The third kappa shape index (κ3) is 5.32. The zero-order valence-electron chi connectivity index (χ0n) is 15.1. The number of carbonyl (C=O) groups excluding carboxylic acids is 2. The van der Waals surface area contributed by atoms with E-state index in [1.165, 1.54) is 6.92 Å². The number of para-hydroxylation sites is 1. The van der Waals surface area contributed by atoms with Gasteiger partial charge in [0.1, 0.15) is 6.04 Å². The van der Waals surface area contributed by atoms with Gasteiger partial charge in [0.05, 0.1) is 5.60 Å². The van der Waals surface area contributed by atoms with Crippen LogP contribution in [0.25, 0.3) is 10.9 Å². The van der Waals surface area contributed by atoms with Gasteiger partial charge >= 0.3 is 0 Å². The second-order valence-electron chi connectivity index (χ2n) is 6.78. The summed E-state index contributed by atoms with van der Waals surface area (Å²) in [6.07, 6.45) is 3.67. The summed E-state index contributed by atoms with van der Waals surface area (Å²) in [5, 5.41) is 16.7. The van der Waals surface area contributed by atoms with Gasteiger partial charge in [-0.15, -0.1) is 0 Å². The second-order valence-corrected chi connectivity index (χ2v) is 6.78. The zero-order chi connectivity index (χ0) is 18.4. The molecule has 0 spiro atoms. The predicted octanol–water partition coefficient (Wildman–Crippen LogP) is 1.88. The van der Waals surface area contributed by atoms with Crippen LogP contribution in [0.1, 0.15) is 39.2 Å². The molecule has 136 valence electrons. The molecule has 2 atom stereocenters. The van der Waals surface area contributed by atoms with Crippen LogP contribution < -0.4 is 10.6 Å². The number of H-pyrrole nitrogens is 1. The fourth-order valence-corrected chi connectivity index (χ4v) is 3.00. The standard InChI is InChI=1S/C19H27N3O3/c1-4-9-19(3,25)12-21-18(24)17(22-13(2)23)10-14-11-20-16-8-6-5-7-15(14)16/h5-8,11,17,20,25H,4,9-10,12H2,1-3H3,(H,21,24)(H,22,23)/t17-,19-/m1/s1. The van der Waals surface area contributed by atoms with Crippen LogP contribution in [0, 0.1) is 0 Å². The molecule has 0 unspecified atom stereocenters. The van der Waals surface area contributed by atoms with Crippen LogP contribution in [0.2, 0.25) is 0 Å². The van der Waals surface area contributed by atoms with Gasteiger partial charge in [0, 0.05) is 37.0 Å². The number of nitrogens with one attached hydrogen (secondary N) is 3. The summed E-state index contributed by atoms with van der Waals surface area (Å²) in [6.45, 7) is 5.23. The topological polar surface area (TPSA) is 94.2 Å². The van der Waals surface area contributed by atoms with Crippen molar-refractivity contribution >= 4 is 22.7 Å². The van der Waals surface area contributed by atoms with Crippen molar-refractivity contribution in [3.05, 3.63) is 36.0 Å². The lowest BCUT2D eigenvalue weighted by Gasteiger charge is -2.25. The number of aromatic nitrogens is 1. The van der Waals surface area contributed by atoms with Gasteiger partial charge in [0.15, 0.2) is 0 Å². The number of hydrogen-bond acceptors (Lipinski definition) is 3. The van der Waals surface area contributed by atoms with Gasteiger partial charge in [0.2, 0.25) is 11.8 Å². The Labute approximate surface area is 148 Å². The molecule has 6 heteroatoms. The van der Waals surface area contributed by atoms with Crippen LogP contribution in [0.4, 0.5) is 0 Å². The van der Waals surface area contributed by atoms with Crippen molar-refractivity contribution in [2.75, 3.05) is 6.54 Å². The van der Waals surface area contributed by atoms with E-state index in [-0.39, 0.29) is 18.4 Å². The van der Waals surface area contributed by atoms with Crippen LogP contribution in [0.3, 0.4) is 0 Å². The Morgan fingerprint density at radius 3 is 2.72 bits per heavy atom. The highest BCUT2D eigenvalue weighted by molar-refractivity contribution is 5.89. The summed E-state index contributed by atoms with van der Waals surface area (Å²) in [4.78, 5) is 27.2. The van der Waals surface area contributed by atoms with Crippen molar-refractivity contribution in [1.82, 2.24) is 15.6 Å². The van der Waals surface area contributed by atoms with E-state index in [1.807, 2.05) is 37.4 Å². The van der Waals surface area contributed by atoms with Gasteiger partial charge in [-0.05, 0) is 25.0 Å². The Kier molecular flexibility index (Phi) is 6.20. The molecule has 0 aliphatic rings. The van der Waals surface area contributed by atoms with Gasteiger partial charge < -0.3 is 20.7 Å². The molecule has 1 aromatic carbocycles. The number of aliphatic hydroxyl groups is 1. The summed E-state index contributed by atoms with van der Waals surface area (Å²) in [7, 11) is 0. The Balaban J connectivity index is 2.10. The Morgan fingerprint density at radius 1 is 1.32 bits per heavy atom. The first-order chi connectivity index (χ1) is 11.8. The number of benzene rings is 1. The molecule has 2 rings (SSSR count). The average molecular weight is 345 g/mol. The fourth-order valence-electron chi connectivity index (χ4n) is 3.00. The van der Waals surface area contributed by atoms with E-state index < -0.39 is 11.6 Å². The maximum absolute atomic E-state index is 12.5. The van der Waals surface area contributed by atoms with Crippen LogP contribution in [-0.2, 0) is 16.0 Å². The van der Waals surface area contributed by atoms with Crippen molar-refractivity contribution < 1.29 is 14.7 Å². The molecule has 0 saturated carbocycles. The van der Waals surface area contributed by atoms with E-state index >= 15 is 0 Å². The Morgan fingerprint density at radius 2 is 2.04 bits per heavy atom. The number of amides is 2. The first-order valence-corrected chi connectivity index (χ1v) is 8.64. The van der Waals surface area contributed by atoms with E-state index in [1.54, 1.807) is 6.92 Å². The van der Waals surface area contributed by atoms with Gasteiger partial charge in [-0.1, -0.05) is 31.5 Å². The molecular formula is C19H27N3O3. The number of aromatic amines is 1. The molecule has 0 bridgehead atoms. The summed E-state index contributed by atoms with van der Waals surface area (Å²) in [5.41, 5.74) is 1.00. The first kappa shape index (κ1) is 19.0. The number of fused-ring (bicyclic) bond motifs is 1. The highest BCUT2D eigenvalue weighted by Gasteiger charge is 2.25. The molecule has 2 aromatic rings. The lowest BCUT2D eigenvalue weighted by atomic mass is 10.00. The number of carbonyl (C=O) groups is 2.